The van der Waals surface area contributed by atoms with Gasteiger partial charge in [-0.15, -0.1) is 18.2 Å². The van der Waals surface area contributed by atoms with E-state index in [4.69, 9.17) is 0 Å². The largest absolute Gasteiger partial charge is 0.437 e. The molecule has 58 valence electrons. The van der Waals surface area contributed by atoms with E-state index in [1.807, 2.05) is 6.07 Å². The summed E-state index contributed by atoms with van der Waals surface area (Å²) < 4.78 is 24.7. The quantitative estimate of drug-likeness (QED) is 0.525. The minimum Gasteiger partial charge on any atom is -0.437 e. The molecule has 0 aliphatic carbocycles. The second-order valence-corrected chi connectivity index (χ2v) is 1.78. The minimum absolute atomic E-state index is 0. The number of benzene rings is 1. The molecule has 0 aromatic heterocycles. The molecule has 1 rings (SSSR count). The number of hydrogen-bond donors (Lipinski definition) is 1. The van der Waals surface area contributed by atoms with Gasteiger partial charge in [0.2, 0.25) is 0 Å². The summed E-state index contributed by atoms with van der Waals surface area (Å²) in [5, 5.41) is 2.55. The molecule has 0 fully saturated rings. The summed E-state index contributed by atoms with van der Waals surface area (Å²) in [6, 6.07) is 4.36. The summed E-state index contributed by atoms with van der Waals surface area (Å²) in [4.78, 5) is 0. The first-order chi connectivity index (χ1) is 4.74. The van der Waals surface area contributed by atoms with Crippen LogP contribution in [0.5, 0.6) is 0 Å². The van der Waals surface area contributed by atoms with Crippen molar-refractivity contribution in [2.45, 2.75) is 0 Å². The van der Waals surface area contributed by atoms with Crippen molar-refractivity contribution in [2.24, 2.45) is 0 Å². The molecule has 0 saturated heterocycles. The van der Waals surface area contributed by atoms with E-state index >= 15 is 0 Å². The van der Waals surface area contributed by atoms with Crippen molar-refractivity contribution in [3.63, 3.8) is 0 Å². The monoisotopic (exact) mass is 190 g/mol. The maximum Gasteiger partial charge on any atom is 0.0359 e. The van der Waals surface area contributed by atoms with Gasteiger partial charge in [-0.3, -0.25) is 0 Å². The van der Waals surface area contributed by atoms with Crippen molar-refractivity contribution in [3.8, 4) is 0 Å². The first-order valence-electron chi connectivity index (χ1n) is 2.79. The second kappa shape index (κ2) is 4.47. The molecular formula is C7H6F2NTi-. The van der Waals surface area contributed by atoms with Crippen LogP contribution in [0.25, 0.3) is 0 Å². The van der Waals surface area contributed by atoms with Gasteiger partial charge in [0, 0.05) is 33.4 Å². The Morgan fingerprint density at radius 3 is 2.45 bits per heavy atom. The molecule has 0 amide bonds. The zero-order valence-corrected chi connectivity index (χ0v) is 7.47. The van der Waals surface area contributed by atoms with Crippen LogP contribution in [0.4, 0.5) is 14.5 Å². The van der Waals surface area contributed by atoms with Crippen molar-refractivity contribution in [1.29, 1.82) is 0 Å². The van der Waals surface area contributed by atoms with Gasteiger partial charge >= 0.3 is 0 Å². The fraction of sp³-hybridized carbons (Fsp3) is 0.143. The average molecular weight is 190 g/mol. The summed E-state index contributed by atoms with van der Waals surface area (Å²) in [6.07, 6.45) is 0. The molecule has 0 heterocycles. The molecule has 1 aromatic rings. The second-order valence-electron chi connectivity index (χ2n) is 1.78. The summed E-state index contributed by atoms with van der Waals surface area (Å²) in [6.45, 7) is 0. The first-order valence-corrected chi connectivity index (χ1v) is 2.79. The Kier molecular flexibility index (Phi) is 4.30. The Bertz CT molecular complexity index is 240. The van der Waals surface area contributed by atoms with Gasteiger partial charge in [-0.05, 0) is 12.7 Å². The Morgan fingerprint density at radius 1 is 1.36 bits per heavy atom. The SMILES string of the molecule is CNc1ccc(F)[c-]c1F.[Ti]. The maximum absolute atomic E-state index is 12.5. The standard InChI is InChI=1S/C7H6F2N.Ti/c1-10-7-3-2-5(8)4-6(7)9;/h2-3,10H,1H3;/q-1;. The van der Waals surface area contributed by atoms with Gasteiger partial charge in [-0.25, -0.2) is 8.78 Å². The van der Waals surface area contributed by atoms with E-state index in [2.05, 4.69) is 5.32 Å². The first kappa shape index (κ1) is 10.6. The van der Waals surface area contributed by atoms with Gasteiger partial charge in [0.1, 0.15) is 0 Å². The fourth-order valence-electron chi connectivity index (χ4n) is 0.637. The van der Waals surface area contributed by atoms with Crippen molar-refractivity contribution in [1.82, 2.24) is 0 Å². The van der Waals surface area contributed by atoms with Crippen molar-refractivity contribution in [2.75, 3.05) is 12.4 Å². The smallest absolute Gasteiger partial charge is 0.0359 e. The molecule has 0 atom stereocenters. The number of hydrogen-bond acceptors (Lipinski definition) is 1. The van der Waals surface area contributed by atoms with Crippen LogP contribution < -0.4 is 5.32 Å². The van der Waals surface area contributed by atoms with Crippen LogP contribution in [-0.4, -0.2) is 7.05 Å². The number of nitrogens with one attached hydrogen (secondary N) is 1. The van der Waals surface area contributed by atoms with E-state index in [-0.39, 0.29) is 27.4 Å². The van der Waals surface area contributed by atoms with Crippen LogP contribution in [0.1, 0.15) is 0 Å². The molecule has 0 aliphatic heterocycles. The molecule has 1 aromatic carbocycles. The fourth-order valence-corrected chi connectivity index (χ4v) is 0.637. The average Bonchev–Trinajstić information content (AvgIpc) is 1.88. The van der Waals surface area contributed by atoms with E-state index in [0.29, 0.717) is 0 Å². The summed E-state index contributed by atoms with van der Waals surface area (Å²) in [7, 11) is 1.56. The number of halogens is 2. The van der Waals surface area contributed by atoms with Gasteiger partial charge in [0.05, 0.1) is 0 Å². The molecular weight excluding hydrogens is 184 g/mol. The molecule has 11 heavy (non-hydrogen) atoms. The van der Waals surface area contributed by atoms with Crippen molar-refractivity contribution < 1.29 is 30.5 Å². The third-order valence-corrected chi connectivity index (χ3v) is 1.13. The number of rotatable bonds is 1. The van der Waals surface area contributed by atoms with E-state index < -0.39 is 11.6 Å². The van der Waals surface area contributed by atoms with Crippen LogP contribution >= 0.6 is 0 Å². The molecule has 0 aliphatic rings. The summed E-state index contributed by atoms with van der Waals surface area (Å²) in [5.41, 5.74) is 0.251. The van der Waals surface area contributed by atoms with Crippen LogP contribution in [0.2, 0.25) is 0 Å². The number of anilines is 1. The van der Waals surface area contributed by atoms with Crippen molar-refractivity contribution >= 4 is 5.69 Å². The summed E-state index contributed by atoms with van der Waals surface area (Å²) in [5.74, 6) is -1.38. The molecule has 1 N–H and O–H groups in total. The van der Waals surface area contributed by atoms with Gasteiger partial charge in [0.15, 0.2) is 0 Å². The zero-order chi connectivity index (χ0) is 7.56. The van der Waals surface area contributed by atoms with Crippen molar-refractivity contribution in [3.05, 3.63) is 29.8 Å². The van der Waals surface area contributed by atoms with E-state index in [9.17, 15) is 8.78 Å². The van der Waals surface area contributed by atoms with Crippen LogP contribution in [-0.2, 0) is 21.7 Å². The molecule has 0 bridgehead atoms. The topological polar surface area (TPSA) is 12.0 Å². The molecule has 4 heteroatoms. The third kappa shape index (κ3) is 2.60. The zero-order valence-electron chi connectivity index (χ0n) is 5.91. The van der Waals surface area contributed by atoms with Gasteiger partial charge in [-0.2, -0.15) is 0 Å². The van der Waals surface area contributed by atoms with E-state index in [1.165, 1.54) is 6.07 Å². The predicted molar refractivity (Wildman–Crippen MR) is 34.7 cm³/mol. The van der Waals surface area contributed by atoms with E-state index in [0.717, 1.165) is 6.07 Å². The maximum atomic E-state index is 12.5. The Balaban J connectivity index is 0.000001000. The minimum atomic E-state index is -0.692. The Hall–Kier alpha value is -0.406. The predicted octanol–water partition coefficient (Wildman–Crippen LogP) is 1.80. The van der Waals surface area contributed by atoms with Gasteiger partial charge in [0.25, 0.3) is 0 Å². The van der Waals surface area contributed by atoms with Crippen LogP contribution in [0.3, 0.4) is 0 Å². The molecule has 0 spiro atoms. The molecule has 0 saturated carbocycles. The van der Waals surface area contributed by atoms with E-state index in [1.54, 1.807) is 7.05 Å². The van der Waals surface area contributed by atoms with Crippen LogP contribution in [0.15, 0.2) is 12.1 Å². The third-order valence-electron chi connectivity index (χ3n) is 1.13. The van der Waals surface area contributed by atoms with Gasteiger partial charge in [-0.1, -0.05) is 0 Å². The molecule has 1 nitrogen and oxygen atoms in total. The Morgan fingerprint density at radius 2 is 2.00 bits per heavy atom. The summed E-state index contributed by atoms with van der Waals surface area (Å²) >= 11 is 0. The van der Waals surface area contributed by atoms with Gasteiger partial charge < -0.3 is 5.32 Å². The molecule has 0 unspecified atom stereocenters. The Labute approximate surface area is 78.7 Å². The van der Waals surface area contributed by atoms with Crippen LogP contribution in [0, 0.1) is 17.7 Å². The molecule has 0 radical (unpaired) electrons. The normalized spacial score (nSPS) is 8.64.